The van der Waals surface area contributed by atoms with Crippen LogP contribution in [0.1, 0.15) is 18.4 Å². The van der Waals surface area contributed by atoms with Crippen LogP contribution in [0.4, 0.5) is 14.6 Å². The zero-order valence-electron chi connectivity index (χ0n) is 13.7. The molecule has 3 nitrogen and oxygen atoms in total. The van der Waals surface area contributed by atoms with Gasteiger partial charge in [-0.25, -0.2) is 13.5 Å². The average molecular weight is 394 g/mol. The molecule has 7 heteroatoms. The van der Waals surface area contributed by atoms with Crippen LogP contribution < -0.4 is 5.32 Å². The van der Waals surface area contributed by atoms with E-state index in [1.807, 2.05) is 0 Å². The monoisotopic (exact) mass is 393 g/mol. The highest BCUT2D eigenvalue weighted by Crippen LogP contribution is 2.38. The zero-order valence-corrected chi connectivity index (χ0v) is 15.2. The molecule has 0 radical (unpaired) electrons. The first-order valence-electron chi connectivity index (χ1n) is 8.31. The van der Waals surface area contributed by atoms with Gasteiger partial charge in [-0.15, -0.1) is 0 Å². The minimum absolute atomic E-state index is 0.182. The molecule has 0 fully saturated rings. The SMILES string of the molecule is Fc1ccc(-n2nc(-c3cc(Cl)ccc3Cl)c3c2NCCCC3)c(F)c1. The molecule has 0 saturated carbocycles. The van der Waals surface area contributed by atoms with Crippen LogP contribution in [0, 0.1) is 11.6 Å². The summed E-state index contributed by atoms with van der Waals surface area (Å²) in [6.45, 7) is 0.754. The Morgan fingerprint density at radius 2 is 1.88 bits per heavy atom. The highest BCUT2D eigenvalue weighted by molar-refractivity contribution is 6.35. The third-order valence-electron chi connectivity index (χ3n) is 4.45. The average Bonchev–Trinajstić information content (AvgIpc) is 2.78. The Morgan fingerprint density at radius 1 is 1.04 bits per heavy atom. The van der Waals surface area contributed by atoms with Gasteiger partial charge in [0.25, 0.3) is 0 Å². The Morgan fingerprint density at radius 3 is 2.69 bits per heavy atom. The first-order valence-corrected chi connectivity index (χ1v) is 9.07. The number of nitrogens with one attached hydrogen (secondary N) is 1. The van der Waals surface area contributed by atoms with Gasteiger partial charge in [-0.1, -0.05) is 23.2 Å². The van der Waals surface area contributed by atoms with Gasteiger partial charge in [0.2, 0.25) is 0 Å². The third-order valence-corrected chi connectivity index (χ3v) is 5.02. The number of aromatic nitrogens is 2. The maximum atomic E-state index is 14.4. The van der Waals surface area contributed by atoms with Crippen molar-refractivity contribution in [3.8, 4) is 16.9 Å². The van der Waals surface area contributed by atoms with Gasteiger partial charge in [-0.2, -0.15) is 5.10 Å². The minimum Gasteiger partial charge on any atom is -0.370 e. The van der Waals surface area contributed by atoms with Crippen molar-refractivity contribution in [1.29, 1.82) is 0 Å². The lowest BCUT2D eigenvalue weighted by atomic mass is 10.0. The van der Waals surface area contributed by atoms with Crippen molar-refractivity contribution in [2.45, 2.75) is 19.3 Å². The number of halogens is 4. The van der Waals surface area contributed by atoms with Gasteiger partial charge < -0.3 is 5.32 Å². The molecule has 0 unspecified atom stereocenters. The molecule has 2 aromatic carbocycles. The van der Waals surface area contributed by atoms with Gasteiger partial charge >= 0.3 is 0 Å². The quantitative estimate of drug-likeness (QED) is 0.589. The van der Waals surface area contributed by atoms with E-state index in [4.69, 9.17) is 23.2 Å². The van der Waals surface area contributed by atoms with Gasteiger partial charge in [0.05, 0.1) is 10.7 Å². The number of rotatable bonds is 2. The summed E-state index contributed by atoms with van der Waals surface area (Å²) < 4.78 is 29.2. The summed E-state index contributed by atoms with van der Waals surface area (Å²) in [6.07, 6.45) is 2.75. The summed E-state index contributed by atoms with van der Waals surface area (Å²) in [7, 11) is 0. The molecule has 26 heavy (non-hydrogen) atoms. The van der Waals surface area contributed by atoms with E-state index in [2.05, 4.69) is 10.4 Å². The minimum atomic E-state index is -0.676. The van der Waals surface area contributed by atoms with Crippen LogP contribution in [0.15, 0.2) is 36.4 Å². The molecule has 0 atom stereocenters. The largest absolute Gasteiger partial charge is 0.370 e. The number of fused-ring (bicyclic) bond motifs is 1. The fourth-order valence-electron chi connectivity index (χ4n) is 3.23. The normalized spacial score (nSPS) is 13.8. The molecule has 0 saturated heterocycles. The van der Waals surface area contributed by atoms with E-state index in [9.17, 15) is 8.78 Å². The molecule has 3 aromatic rings. The molecule has 2 heterocycles. The number of nitrogens with zero attached hydrogens (tertiary/aromatic N) is 2. The molecule has 1 aromatic heterocycles. The second-order valence-electron chi connectivity index (χ2n) is 6.19. The van der Waals surface area contributed by atoms with E-state index in [1.165, 1.54) is 16.8 Å². The Hall–Kier alpha value is -2.11. The lowest BCUT2D eigenvalue weighted by Gasteiger charge is -2.10. The first-order chi connectivity index (χ1) is 12.5. The predicted molar refractivity (Wildman–Crippen MR) is 100 cm³/mol. The predicted octanol–water partition coefficient (Wildman–Crippen LogP) is 5.87. The van der Waals surface area contributed by atoms with Crippen molar-refractivity contribution >= 4 is 29.0 Å². The summed E-state index contributed by atoms with van der Waals surface area (Å²) in [5, 5.41) is 9.00. The van der Waals surface area contributed by atoms with E-state index in [0.717, 1.165) is 37.4 Å². The maximum Gasteiger partial charge on any atom is 0.151 e. The van der Waals surface area contributed by atoms with E-state index >= 15 is 0 Å². The van der Waals surface area contributed by atoms with E-state index < -0.39 is 11.6 Å². The van der Waals surface area contributed by atoms with Gasteiger partial charge in [0.1, 0.15) is 17.3 Å². The number of hydrogen-bond donors (Lipinski definition) is 1. The number of benzene rings is 2. The summed E-state index contributed by atoms with van der Waals surface area (Å²) >= 11 is 12.5. The molecular formula is C19H15Cl2F2N3. The number of hydrogen-bond acceptors (Lipinski definition) is 2. The Kier molecular flexibility index (Phi) is 4.59. The van der Waals surface area contributed by atoms with Crippen LogP contribution in [-0.2, 0) is 6.42 Å². The van der Waals surface area contributed by atoms with Crippen molar-refractivity contribution in [2.24, 2.45) is 0 Å². The van der Waals surface area contributed by atoms with E-state index in [0.29, 0.717) is 27.1 Å². The number of anilines is 1. The van der Waals surface area contributed by atoms with Crippen LogP contribution in [0.5, 0.6) is 0 Å². The molecular weight excluding hydrogens is 379 g/mol. The standard InChI is InChI=1S/C19H15Cl2F2N3/c20-11-4-6-15(21)14(9-11)18-13-3-1-2-8-24-19(13)26(25-18)17-7-5-12(22)10-16(17)23/h4-7,9-10,24H,1-3,8H2. The molecule has 1 aliphatic rings. The smallest absolute Gasteiger partial charge is 0.151 e. The highest BCUT2D eigenvalue weighted by atomic mass is 35.5. The summed E-state index contributed by atoms with van der Waals surface area (Å²) in [5.74, 6) is -0.597. The van der Waals surface area contributed by atoms with Crippen LogP contribution in [-0.4, -0.2) is 16.3 Å². The third kappa shape index (κ3) is 3.06. The van der Waals surface area contributed by atoms with Crippen LogP contribution in [0.25, 0.3) is 16.9 Å². The van der Waals surface area contributed by atoms with Crippen molar-refractivity contribution < 1.29 is 8.78 Å². The fraction of sp³-hybridized carbons (Fsp3) is 0.211. The zero-order chi connectivity index (χ0) is 18.3. The van der Waals surface area contributed by atoms with E-state index in [-0.39, 0.29) is 5.69 Å². The van der Waals surface area contributed by atoms with Crippen molar-refractivity contribution in [3.63, 3.8) is 0 Å². The summed E-state index contributed by atoms with van der Waals surface area (Å²) in [4.78, 5) is 0. The van der Waals surface area contributed by atoms with E-state index in [1.54, 1.807) is 18.2 Å². The lowest BCUT2D eigenvalue weighted by molar-refractivity contribution is 0.574. The molecule has 0 bridgehead atoms. The second-order valence-corrected chi connectivity index (χ2v) is 7.03. The fourth-order valence-corrected chi connectivity index (χ4v) is 3.60. The topological polar surface area (TPSA) is 29.9 Å². The van der Waals surface area contributed by atoms with Gasteiger partial charge in [0, 0.05) is 28.8 Å². The Labute approximate surface area is 159 Å². The van der Waals surface area contributed by atoms with Gasteiger partial charge in [-0.05, 0) is 49.6 Å². The van der Waals surface area contributed by atoms with Gasteiger partial charge in [0.15, 0.2) is 5.82 Å². The lowest BCUT2D eigenvalue weighted by Crippen LogP contribution is -2.08. The first kappa shape index (κ1) is 17.3. The molecule has 1 aliphatic heterocycles. The maximum absolute atomic E-state index is 14.4. The molecule has 0 aliphatic carbocycles. The van der Waals surface area contributed by atoms with Crippen LogP contribution in [0.2, 0.25) is 10.0 Å². The molecule has 4 rings (SSSR count). The Bertz CT molecular complexity index is 985. The van der Waals surface area contributed by atoms with Crippen LogP contribution >= 0.6 is 23.2 Å². The van der Waals surface area contributed by atoms with Crippen molar-refractivity contribution in [3.05, 3.63) is 63.6 Å². The Balaban J connectivity index is 1.96. The van der Waals surface area contributed by atoms with Crippen molar-refractivity contribution in [1.82, 2.24) is 9.78 Å². The molecule has 1 N–H and O–H groups in total. The highest BCUT2D eigenvalue weighted by Gasteiger charge is 2.24. The second kappa shape index (κ2) is 6.89. The summed E-state index contributed by atoms with van der Waals surface area (Å²) in [5.41, 5.74) is 2.49. The van der Waals surface area contributed by atoms with Gasteiger partial charge in [-0.3, -0.25) is 0 Å². The van der Waals surface area contributed by atoms with Crippen LogP contribution in [0.3, 0.4) is 0 Å². The molecule has 0 amide bonds. The van der Waals surface area contributed by atoms with Crippen molar-refractivity contribution in [2.75, 3.05) is 11.9 Å². The molecule has 134 valence electrons. The molecule has 0 spiro atoms. The summed E-state index contributed by atoms with van der Waals surface area (Å²) in [6, 6.07) is 8.63.